The number of benzene rings is 2. The lowest BCUT2D eigenvalue weighted by atomic mass is 10.0. The van der Waals surface area contributed by atoms with Crippen LogP contribution in [0.2, 0.25) is 0 Å². The highest BCUT2D eigenvalue weighted by Crippen LogP contribution is 2.24. The van der Waals surface area contributed by atoms with Crippen molar-refractivity contribution in [2.75, 3.05) is 18.4 Å². The van der Waals surface area contributed by atoms with Gasteiger partial charge in [-0.15, -0.1) is 0 Å². The number of nitrogens with zero attached hydrogens (tertiary/aromatic N) is 3. The predicted octanol–water partition coefficient (Wildman–Crippen LogP) is 4.31. The number of likely N-dealkylation sites (tertiary alicyclic amines) is 1. The highest BCUT2D eigenvalue weighted by Gasteiger charge is 2.20. The molecule has 25 heavy (non-hydrogen) atoms. The Labute approximate surface area is 161 Å². The first-order chi connectivity index (χ1) is 12.3. The van der Waals surface area contributed by atoms with Crippen molar-refractivity contribution >= 4 is 39.3 Å². The summed E-state index contributed by atoms with van der Waals surface area (Å²) in [5, 5.41) is 4.77. The van der Waals surface area contributed by atoms with Crippen LogP contribution in [-0.2, 0) is 6.54 Å². The van der Waals surface area contributed by atoms with Crippen LogP contribution in [0.15, 0.2) is 54.9 Å². The number of piperidine rings is 1. The molecule has 0 bridgehead atoms. The third-order valence-corrected chi connectivity index (χ3v) is 5.45. The quantitative estimate of drug-likeness (QED) is 0.609. The van der Waals surface area contributed by atoms with Gasteiger partial charge in [0.05, 0.1) is 5.52 Å². The van der Waals surface area contributed by atoms with Crippen molar-refractivity contribution in [2.24, 2.45) is 0 Å². The number of fused-ring (bicyclic) bond motifs is 1. The summed E-state index contributed by atoms with van der Waals surface area (Å²) in [6.45, 7) is 3.28. The molecule has 4 rings (SSSR count). The fraction of sp³-hybridized carbons (Fsp3) is 0.300. The Morgan fingerprint density at radius 3 is 2.64 bits per heavy atom. The zero-order chi connectivity index (χ0) is 17.1. The van der Waals surface area contributed by atoms with E-state index < -0.39 is 0 Å². The molecule has 0 spiro atoms. The Morgan fingerprint density at radius 2 is 1.84 bits per heavy atom. The van der Waals surface area contributed by atoms with Crippen molar-refractivity contribution < 1.29 is 0 Å². The van der Waals surface area contributed by atoms with Gasteiger partial charge >= 0.3 is 0 Å². The number of hydrogen-bond donors (Lipinski definition) is 1. The van der Waals surface area contributed by atoms with E-state index in [1.165, 1.54) is 9.13 Å². The number of anilines is 1. The Morgan fingerprint density at radius 1 is 1.04 bits per heavy atom. The summed E-state index contributed by atoms with van der Waals surface area (Å²) in [5.74, 6) is 0.963. The van der Waals surface area contributed by atoms with Crippen molar-refractivity contribution in [3.8, 4) is 0 Å². The molecule has 1 fully saturated rings. The maximum absolute atomic E-state index is 4.49. The van der Waals surface area contributed by atoms with E-state index in [4.69, 9.17) is 0 Å². The van der Waals surface area contributed by atoms with Gasteiger partial charge in [-0.1, -0.05) is 30.3 Å². The number of nitrogens with one attached hydrogen (secondary N) is 1. The Kier molecular flexibility index (Phi) is 5.12. The number of halogens is 1. The summed E-state index contributed by atoms with van der Waals surface area (Å²) >= 11 is 2.34. The van der Waals surface area contributed by atoms with Crippen LogP contribution in [0.5, 0.6) is 0 Å². The van der Waals surface area contributed by atoms with E-state index in [1.54, 1.807) is 6.33 Å². The summed E-state index contributed by atoms with van der Waals surface area (Å²) in [7, 11) is 0. The molecular weight excluding hydrogens is 423 g/mol. The number of aromatic nitrogens is 2. The van der Waals surface area contributed by atoms with Crippen molar-refractivity contribution in [3.63, 3.8) is 0 Å². The van der Waals surface area contributed by atoms with Gasteiger partial charge in [-0.05, 0) is 59.2 Å². The molecule has 0 saturated carbocycles. The van der Waals surface area contributed by atoms with E-state index in [0.29, 0.717) is 6.04 Å². The van der Waals surface area contributed by atoms with Crippen LogP contribution in [-0.4, -0.2) is 34.0 Å². The van der Waals surface area contributed by atoms with Crippen LogP contribution in [0.4, 0.5) is 5.82 Å². The van der Waals surface area contributed by atoms with E-state index in [9.17, 15) is 0 Å². The van der Waals surface area contributed by atoms with Crippen LogP contribution in [0.25, 0.3) is 10.9 Å². The predicted molar refractivity (Wildman–Crippen MR) is 111 cm³/mol. The van der Waals surface area contributed by atoms with Crippen molar-refractivity contribution in [1.82, 2.24) is 14.9 Å². The van der Waals surface area contributed by atoms with Gasteiger partial charge in [0, 0.05) is 34.6 Å². The molecule has 0 atom stereocenters. The molecule has 0 unspecified atom stereocenters. The fourth-order valence-corrected chi connectivity index (χ4v) is 3.91. The second kappa shape index (κ2) is 7.66. The zero-order valence-electron chi connectivity index (χ0n) is 14.0. The summed E-state index contributed by atoms with van der Waals surface area (Å²) in [4.78, 5) is 11.4. The molecule has 0 aliphatic carbocycles. The van der Waals surface area contributed by atoms with E-state index in [-0.39, 0.29) is 0 Å². The van der Waals surface area contributed by atoms with E-state index in [1.807, 2.05) is 0 Å². The first kappa shape index (κ1) is 16.7. The zero-order valence-corrected chi connectivity index (χ0v) is 16.2. The molecular formula is C20H21IN4. The second-order valence-corrected chi connectivity index (χ2v) is 7.81. The average molecular weight is 444 g/mol. The normalized spacial score (nSPS) is 16.2. The Hall–Kier alpha value is -1.73. The van der Waals surface area contributed by atoms with E-state index >= 15 is 0 Å². The summed E-state index contributed by atoms with van der Waals surface area (Å²) in [5.41, 5.74) is 2.39. The van der Waals surface area contributed by atoms with Gasteiger partial charge in [0.15, 0.2) is 0 Å². The van der Waals surface area contributed by atoms with Gasteiger partial charge in [-0.25, -0.2) is 9.97 Å². The Bertz CT molecular complexity index is 845. The first-order valence-electron chi connectivity index (χ1n) is 8.71. The molecule has 2 aromatic carbocycles. The summed E-state index contributed by atoms with van der Waals surface area (Å²) in [6.07, 6.45) is 3.94. The standard InChI is InChI=1S/C20H21IN4/c21-16-6-7-19-18(12-16)20(23-14-22-19)24-17-8-10-25(11-9-17)13-15-4-2-1-3-5-15/h1-7,12,14,17H,8-11,13H2,(H,22,23,24). The first-order valence-corrected chi connectivity index (χ1v) is 9.79. The van der Waals surface area contributed by atoms with E-state index in [0.717, 1.165) is 49.2 Å². The number of rotatable bonds is 4. The maximum atomic E-state index is 4.49. The van der Waals surface area contributed by atoms with Gasteiger partial charge in [0.2, 0.25) is 0 Å². The van der Waals surface area contributed by atoms with Crippen LogP contribution in [0.3, 0.4) is 0 Å². The molecule has 0 radical (unpaired) electrons. The average Bonchev–Trinajstić information content (AvgIpc) is 2.65. The lowest BCUT2D eigenvalue weighted by molar-refractivity contribution is 0.211. The minimum atomic E-state index is 0.475. The lowest BCUT2D eigenvalue weighted by Gasteiger charge is -2.32. The van der Waals surface area contributed by atoms with E-state index in [2.05, 4.69) is 91.3 Å². The van der Waals surface area contributed by atoms with Gasteiger partial charge in [-0.3, -0.25) is 4.90 Å². The third kappa shape index (κ3) is 4.10. The lowest BCUT2D eigenvalue weighted by Crippen LogP contribution is -2.38. The molecule has 2 heterocycles. The van der Waals surface area contributed by atoms with Crippen molar-refractivity contribution in [3.05, 3.63) is 64.0 Å². The molecule has 1 aliphatic rings. The van der Waals surface area contributed by atoms with Gasteiger partial charge < -0.3 is 5.32 Å². The van der Waals surface area contributed by atoms with Crippen LogP contribution in [0, 0.1) is 3.57 Å². The molecule has 5 heteroatoms. The van der Waals surface area contributed by atoms with Crippen molar-refractivity contribution in [1.29, 1.82) is 0 Å². The highest BCUT2D eigenvalue weighted by molar-refractivity contribution is 14.1. The molecule has 1 aromatic heterocycles. The van der Waals surface area contributed by atoms with Gasteiger partial charge in [0.25, 0.3) is 0 Å². The van der Waals surface area contributed by atoms with Crippen LogP contribution in [0.1, 0.15) is 18.4 Å². The summed E-state index contributed by atoms with van der Waals surface area (Å²) < 4.78 is 1.21. The minimum absolute atomic E-state index is 0.475. The highest BCUT2D eigenvalue weighted by atomic mass is 127. The molecule has 128 valence electrons. The molecule has 3 aromatic rings. The summed E-state index contributed by atoms with van der Waals surface area (Å²) in [6, 6.07) is 17.5. The van der Waals surface area contributed by atoms with Gasteiger partial charge in [-0.2, -0.15) is 0 Å². The van der Waals surface area contributed by atoms with Crippen molar-refractivity contribution in [2.45, 2.75) is 25.4 Å². The third-order valence-electron chi connectivity index (χ3n) is 4.77. The SMILES string of the molecule is Ic1ccc2ncnc(NC3CCN(Cc4ccccc4)CC3)c2c1. The monoisotopic (exact) mass is 444 g/mol. The second-order valence-electron chi connectivity index (χ2n) is 6.56. The van der Waals surface area contributed by atoms with Crippen LogP contribution >= 0.6 is 22.6 Å². The molecule has 1 N–H and O–H groups in total. The largest absolute Gasteiger partial charge is 0.367 e. The molecule has 1 aliphatic heterocycles. The smallest absolute Gasteiger partial charge is 0.137 e. The van der Waals surface area contributed by atoms with Gasteiger partial charge in [0.1, 0.15) is 12.1 Å². The topological polar surface area (TPSA) is 41.1 Å². The maximum Gasteiger partial charge on any atom is 0.137 e. The molecule has 0 amide bonds. The fourth-order valence-electron chi connectivity index (χ4n) is 3.41. The minimum Gasteiger partial charge on any atom is -0.367 e. The van der Waals surface area contributed by atoms with Crippen LogP contribution < -0.4 is 5.32 Å². The molecule has 4 nitrogen and oxygen atoms in total. The molecule has 1 saturated heterocycles. The number of hydrogen-bond acceptors (Lipinski definition) is 4. The Balaban J connectivity index is 1.40.